The Bertz CT molecular complexity index is 1080. The fraction of sp³-hybridized carbons (Fsp3) is 0.111. The monoisotopic (exact) mass is 352 g/mol. The predicted molar refractivity (Wildman–Crippen MR) is 92.3 cm³/mol. The Kier molecular flexibility index (Phi) is 4.10. The summed E-state index contributed by atoms with van der Waals surface area (Å²) in [7, 11) is 0. The summed E-state index contributed by atoms with van der Waals surface area (Å²) in [4.78, 5) is 12.8. The van der Waals surface area contributed by atoms with Gasteiger partial charge >= 0.3 is 0 Å². The van der Waals surface area contributed by atoms with Gasteiger partial charge in [0.15, 0.2) is 5.65 Å². The van der Waals surface area contributed by atoms with Gasteiger partial charge in [0.05, 0.1) is 17.6 Å². The Morgan fingerprint density at radius 3 is 2.65 bits per heavy atom. The standard InChI is InChI=1S/C18H14F2N6/c19-18(20)13-4-5-17-22-9-16(26(17)25-13)15-7-14(23-10-24-15)12-3-1-2-11(6-12)8-21/h1-7,9-10,18H,8,21H2. The van der Waals surface area contributed by atoms with Crippen LogP contribution in [0.1, 0.15) is 17.7 Å². The van der Waals surface area contributed by atoms with Crippen molar-refractivity contribution in [3.8, 4) is 22.6 Å². The molecule has 2 N–H and O–H groups in total. The first-order valence-corrected chi connectivity index (χ1v) is 7.90. The molecule has 3 aromatic heterocycles. The maximum absolute atomic E-state index is 13.0. The minimum atomic E-state index is -2.66. The second-order valence-corrected chi connectivity index (χ2v) is 5.67. The van der Waals surface area contributed by atoms with Crippen LogP contribution in [0.5, 0.6) is 0 Å². The third-order valence-corrected chi connectivity index (χ3v) is 3.99. The zero-order chi connectivity index (χ0) is 18.1. The van der Waals surface area contributed by atoms with E-state index in [0.717, 1.165) is 11.1 Å². The van der Waals surface area contributed by atoms with Crippen LogP contribution in [0.15, 0.2) is 55.0 Å². The number of nitrogens with two attached hydrogens (primary N) is 1. The van der Waals surface area contributed by atoms with Gasteiger partial charge in [0.25, 0.3) is 6.43 Å². The van der Waals surface area contributed by atoms with Gasteiger partial charge in [0.2, 0.25) is 0 Å². The molecule has 1 aromatic carbocycles. The van der Waals surface area contributed by atoms with Crippen molar-refractivity contribution in [1.29, 1.82) is 0 Å². The van der Waals surface area contributed by atoms with Crippen molar-refractivity contribution in [1.82, 2.24) is 24.6 Å². The normalized spacial score (nSPS) is 11.4. The van der Waals surface area contributed by atoms with Crippen LogP contribution in [0.4, 0.5) is 8.78 Å². The van der Waals surface area contributed by atoms with Crippen LogP contribution in [-0.2, 0) is 6.54 Å². The molecule has 4 aromatic rings. The SMILES string of the molecule is NCc1cccc(-c2cc(-c3cnc4ccc(C(F)F)nn34)ncn2)c1. The number of nitrogens with zero attached hydrogens (tertiary/aromatic N) is 5. The van der Waals surface area contributed by atoms with Gasteiger partial charge in [-0.1, -0.05) is 18.2 Å². The number of alkyl halides is 2. The Morgan fingerprint density at radius 1 is 1.00 bits per heavy atom. The molecule has 0 saturated carbocycles. The molecule has 26 heavy (non-hydrogen) atoms. The molecular weight excluding hydrogens is 338 g/mol. The third-order valence-electron chi connectivity index (χ3n) is 3.99. The number of rotatable bonds is 4. The van der Waals surface area contributed by atoms with Crippen molar-refractivity contribution in [2.24, 2.45) is 5.73 Å². The van der Waals surface area contributed by atoms with Crippen molar-refractivity contribution >= 4 is 5.65 Å². The summed E-state index contributed by atoms with van der Waals surface area (Å²) >= 11 is 0. The highest BCUT2D eigenvalue weighted by molar-refractivity contribution is 5.67. The number of benzene rings is 1. The van der Waals surface area contributed by atoms with Gasteiger partial charge in [-0.2, -0.15) is 5.10 Å². The fourth-order valence-corrected chi connectivity index (χ4v) is 2.69. The zero-order valence-corrected chi connectivity index (χ0v) is 13.5. The molecule has 0 spiro atoms. The van der Waals surface area contributed by atoms with Crippen molar-refractivity contribution in [3.63, 3.8) is 0 Å². The van der Waals surface area contributed by atoms with E-state index in [-0.39, 0.29) is 5.69 Å². The van der Waals surface area contributed by atoms with Crippen LogP contribution >= 0.6 is 0 Å². The highest BCUT2D eigenvalue weighted by atomic mass is 19.3. The molecule has 4 rings (SSSR count). The Labute approximate surface area is 147 Å². The minimum Gasteiger partial charge on any atom is -0.326 e. The number of imidazole rings is 1. The molecule has 0 saturated heterocycles. The van der Waals surface area contributed by atoms with Gasteiger partial charge < -0.3 is 5.73 Å². The molecule has 0 aliphatic rings. The van der Waals surface area contributed by atoms with Gasteiger partial charge in [-0.05, 0) is 29.8 Å². The molecule has 0 amide bonds. The number of hydrogen-bond donors (Lipinski definition) is 1. The second-order valence-electron chi connectivity index (χ2n) is 5.67. The van der Waals surface area contributed by atoms with Crippen LogP contribution in [0.3, 0.4) is 0 Å². The van der Waals surface area contributed by atoms with E-state index in [1.54, 1.807) is 12.3 Å². The summed E-state index contributed by atoms with van der Waals surface area (Å²) in [5.41, 5.74) is 9.48. The van der Waals surface area contributed by atoms with E-state index in [0.29, 0.717) is 29.3 Å². The first-order valence-electron chi connectivity index (χ1n) is 7.90. The average molecular weight is 352 g/mol. The van der Waals surface area contributed by atoms with E-state index < -0.39 is 6.43 Å². The van der Waals surface area contributed by atoms with Gasteiger partial charge in [-0.3, -0.25) is 0 Å². The van der Waals surface area contributed by atoms with Gasteiger partial charge in [-0.15, -0.1) is 0 Å². The van der Waals surface area contributed by atoms with E-state index in [1.807, 2.05) is 24.3 Å². The molecule has 0 unspecified atom stereocenters. The van der Waals surface area contributed by atoms with E-state index in [2.05, 4.69) is 20.1 Å². The quantitative estimate of drug-likeness (QED) is 0.610. The third kappa shape index (κ3) is 2.91. The molecular formula is C18H14F2N6. The van der Waals surface area contributed by atoms with Gasteiger partial charge in [-0.25, -0.2) is 28.2 Å². The maximum atomic E-state index is 13.0. The van der Waals surface area contributed by atoms with E-state index >= 15 is 0 Å². The Balaban J connectivity index is 1.81. The molecule has 0 bridgehead atoms. The molecule has 0 aliphatic heterocycles. The first-order chi connectivity index (χ1) is 12.7. The summed E-state index contributed by atoms with van der Waals surface area (Å²) in [5, 5.41) is 3.97. The maximum Gasteiger partial charge on any atom is 0.282 e. The summed E-state index contributed by atoms with van der Waals surface area (Å²) in [6.07, 6.45) is 0.325. The summed E-state index contributed by atoms with van der Waals surface area (Å²) in [5.74, 6) is 0. The number of aromatic nitrogens is 5. The number of fused-ring (bicyclic) bond motifs is 1. The Morgan fingerprint density at radius 2 is 1.85 bits per heavy atom. The second kappa shape index (κ2) is 6.57. The van der Waals surface area contributed by atoms with Gasteiger partial charge in [0, 0.05) is 12.1 Å². The smallest absolute Gasteiger partial charge is 0.282 e. The van der Waals surface area contributed by atoms with Crippen molar-refractivity contribution in [2.45, 2.75) is 13.0 Å². The molecule has 6 nitrogen and oxygen atoms in total. The first kappa shape index (κ1) is 16.2. The van der Waals surface area contributed by atoms with Crippen LogP contribution in [0, 0.1) is 0 Å². The van der Waals surface area contributed by atoms with E-state index in [4.69, 9.17) is 5.73 Å². The topological polar surface area (TPSA) is 82.0 Å². The molecule has 0 radical (unpaired) electrons. The highest BCUT2D eigenvalue weighted by Crippen LogP contribution is 2.25. The van der Waals surface area contributed by atoms with Crippen LogP contribution in [0.2, 0.25) is 0 Å². The average Bonchev–Trinajstić information content (AvgIpc) is 3.11. The predicted octanol–water partition coefficient (Wildman–Crippen LogP) is 3.25. The lowest BCUT2D eigenvalue weighted by Gasteiger charge is -2.06. The van der Waals surface area contributed by atoms with Crippen LogP contribution in [0.25, 0.3) is 28.3 Å². The molecule has 0 atom stereocenters. The number of halogens is 2. The van der Waals surface area contributed by atoms with E-state index in [1.165, 1.54) is 23.0 Å². The molecule has 0 fully saturated rings. The Hall–Kier alpha value is -3.26. The van der Waals surface area contributed by atoms with Crippen LogP contribution in [-0.4, -0.2) is 24.6 Å². The fourth-order valence-electron chi connectivity index (χ4n) is 2.69. The highest BCUT2D eigenvalue weighted by Gasteiger charge is 2.14. The molecule has 3 heterocycles. The number of hydrogen-bond acceptors (Lipinski definition) is 5. The van der Waals surface area contributed by atoms with E-state index in [9.17, 15) is 8.78 Å². The lowest BCUT2D eigenvalue weighted by molar-refractivity contribution is 0.144. The lowest BCUT2D eigenvalue weighted by atomic mass is 10.1. The summed E-state index contributed by atoms with van der Waals surface area (Å²) in [6.45, 7) is 0.430. The lowest BCUT2D eigenvalue weighted by Crippen LogP contribution is -2.01. The minimum absolute atomic E-state index is 0.318. The molecule has 130 valence electrons. The van der Waals surface area contributed by atoms with Gasteiger partial charge in [0.1, 0.15) is 17.7 Å². The summed E-state index contributed by atoms with van der Waals surface area (Å²) < 4.78 is 27.3. The molecule has 0 aliphatic carbocycles. The van der Waals surface area contributed by atoms with Crippen molar-refractivity contribution < 1.29 is 8.78 Å². The molecule has 8 heteroatoms. The summed E-state index contributed by atoms with van der Waals surface area (Å²) in [6, 6.07) is 12.3. The van der Waals surface area contributed by atoms with Crippen molar-refractivity contribution in [3.05, 3.63) is 66.2 Å². The zero-order valence-electron chi connectivity index (χ0n) is 13.5. The van der Waals surface area contributed by atoms with Crippen molar-refractivity contribution in [2.75, 3.05) is 0 Å². The largest absolute Gasteiger partial charge is 0.326 e. The van der Waals surface area contributed by atoms with Crippen LogP contribution < -0.4 is 5.73 Å².